The molecule has 6 heteroatoms. The highest BCUT2D eigenvalue weighted by Gasteiger charge is 2.29. The summed E-state index contributed by atoms with van der Waals surface area (Å²) in [6.45, 7) is 2.77. The van der Waals surface area contributed by atoms with Crippen molar-refractivity contribution in [2.45, 2.75) is 38.5 Å². The van der Waals surface area contributed by atoms with Crippen molar-refractivity contribution >= 4 is 22.9 Å². The summed E-state index contributed by atoms with van der Waals surface area (Å²) in [4.78, 5) is 33.3. The monoisotopic (exact) mass is 355 g/mol. The summed E-state index contributed by atoms with van der Waals surface area (Å²) < 4.78 is 5.31. The zero-order valence-corrected chi connectivity index (χ0v) is 15.0. The summed E-state index contributed by atoms with van der Waals surface area (Å²) in [5.74, 6) is 0.623. The van der Waals surface area contributed by atoms with Gasteiger partial charge in [0, 0.05) is 32.1 Å². The largest absolute Gasteiger partial charge is 0.443 e. The predicted octanol–water partition coefficient (Wildman–Crippen LogP) is 2.62. The number of nitrogens with zero attached hydrogens (tertiary/aromatic N) is 3. The van der Waals surface area contributed by atoms with Crippen LogP contribution in [0.4, 0.5) is 0 Å². The van der Waals surface area contributed by atoms with Gasteiger partial charge in [0.1, 0.15) is 5.52 Å². The predicted molar refractivity (Wildman–Crippen MR) is 97.4 cm³/mol. The van der Waals surface area contributed by atoms with E-state index in [1.807, 2.05) is 28.0 Å². The summed E-state index contributed by atoms with van der Waals surface area (Å²) in [6.07, 6.45) is 7.03. The van der Waals surface area contributed by atoms with Crippen molar-refractivity contribution in [3.8, 4) is 0 Å². The van der Waals surface area contributed by atoms with Gasteiger partial charge in [-0.3, -0.25) is 9.59 Å². The van der Waals surface area contributed by atoms with Crippen LogP contribution in [-0.2, 0) is 16.0 Å². The number of benzene rings is 1. The first-order chi connectivity index (χ1) is 12.7. The Bertz CT molecular complexity index is 794. The number of rotatable bonds is 3. The smallest absolute Gasteiger partial charge is 0.227 e. The third kappa shape index (κ3) is 3.59. The van der Waals surface area contributed by atoms with E-state index in [1.165, 1.54) is 19.2 Å². The van der Waals surface area contributed by atoms with E-state index in [4.69, 9.17) is 4.42 Å². The molecule has 2 aliphatic rings. The Balaban J connectivity index is 1.35. The van der Waals surface area contributed by atoms with Gasteiger partial charge in [0.2, 0.25) is 11.8 Å². The van der Waals surface area contributed by atoms with Crippen molar-refractivity contribution in [2.75, 3.05) is 26.2 Å². The first-order valence-electron chi connectivity index (χ1n) is 9.59. The maximum absolute atomic E-state index is 12.7. The van der Waals surface area contributed by atoms with Gasteiger partial charge in [-0.05, 0) is 37.0 Å². The van der Waals surface area contributed by atoms with Gasteiger partial charge in [-0.25, -0.2) is 4.98 Å². The second kappa shape index (κ2) is 7.48. The molecule has 1 aromatic heterocycles. The first kappa shape index (κ1) is 17.1. The molecule has 0 atom stereocenters. The minimum absolute atomic E-state index is 0.110. The number of hydrogen-bond donors (Lipinski definition) is 0. The number of hydrogen-bond acceptors (Lipinski definition) is 4. The van der Waals surface area contributed by atoms with E-state index < -0.39 is 0 Å². The van der Waals surface area contributed by atoms with Crippen LogP contribution in [0.15, 0.2) is 29.0 Å². The van der Waals surface area contributed by atoms with Crippen LogP contribution in [0.2, 0.25) is 0 Å². The third-order valence-corrected chi connectivity index (χ3v) is 5.62. The fourth-order valence-corrected chi connectivity index (χ4v) is 4.11. The minimum Gasteiger partial charge on any atom is -0.443 e. The maximum atomic E-state index is 12.7. The minimum atomic E-state index is 0.110. The molecule has 26 heavy (non-hydrogen) atoms. The van der Waals surface area contributed by atoms with Crippen LogP contribution in [0.3, 0.4) is 0 Å². The summed E-state index contributed by atoms with van der Waals surface area (Å²) >= 11 is 0. The zero-order valence-electron chi connectivity index (χ0n) is 15.0. The Hall–Kier alpha value is -2.37. The molecule has 0 bridgehead atoms. The van der Waals surface area contributed by atoms with Gasteiger partial charge in [-0.1, -0.05) is 18.9 Å². The molecule has 2 amide bonds. The van der Waals surface area contributed by atoms with Crippen molar-refractivity contribution in [3.63, 3.8) is 0 Å². The average Bonchev–Trinajstić information content (AvgIpc) is 3.28. The Morgan fingerprint density at radius 1 is 1.04 bits per heavy atom. The van der Waals surface area contributed by atoms with Crippen molar-refractivity contribution in [3.05, 3.63) is 30.2 Å². The first-order valence-corrected chi connectivity index (χ1v) is 9.59. The SMILES string of the molecule is O=C(Cc1ccc2ncoc2c1)N1CCCN(C(=O)C2CCCC2)CC1. The number of carbonyl (C=O) groups is 2. The quantitative estimate of drug-likeness (QED) is 0.849. The van der Waals surface area contributed by atoms with E-state index in [-0.39, 0.29) is 11.8 Å². The van der Waals surface area contributed by atoms with Crippen LogP contribution in [0.1, 0.15) is 37.7 Å². The molecular formula is C20H25N3O3. The van der Waals surface area contributed by atoms with Crippen LogP contribution in [0.25, 0.3) is 11.1 Å². The Kier molecular flexibility index (Phi) is 4.91. The maximum Gasteiger partial charge on any atom is 0.227 e. The molecule has 138 valence electrons. The van der Waals surface area contributed by atoms with Gasteiger partial charge in [0.15, 0.2) is 12.0 Å². The Morgan fingerprint density at radius 3 is 2.65 bits per heavy atom. The molecule has 1 aliphatic heterocycles. The summed E-state index contributed by atoms with van der Waals surface area (Å²) in [5.41, 5.74) is 2.44. The average molecular weight is 355 g/mol. The molecule has 2 aromatic rings. The van der Waals surface area contributed by atoms with Crippen LogP contribution in [-0.4, -0.2) is 52.8 Å². The van der Waals surface area contributed by atoms with Crippen LogP contribution in [0.5, 0.6) is 0 Å². The lowest BCUT2D eigenvalue weighted by atomic mass is 10.1. The number of oxazole rings is 1. The number of fused-ring (bicyclic) bond motifs is 1. The van der Waals surface area contributed by atoms with E-state index in [9.17, 15) is 9.59 Å². The van der Waals surface area contributed by atoms with E-state index in [0.717, 1.165) is 43.4 Å². The molecule has 0 spiro atoms. The number of carbonyl (C=O) groups excluding carboxylic acids is 2. The molecule has 4 rings (SSSR count). The molecule has 1 saturated carbocycles. The second-order valence-electron chi connectivity index (χ2n) is 7.37. The third-order valence-electron chi connectivity index (χ3n) is 5.62. The van der Waals surface area contributed by atoms with Crippen LogP contribution >= 0.6 is 0 Å². The topological polar surface area (TPSA) is 66.7 Å². The molecule has 6 nitrogen and oxygen atoms in total. The molecule has 2 heterocycles. The van der Waals surface area contributed by atoms with Gasteiger partial charge in [-0.2, -0.15) is 0 Å². The fourth-order valence-electron chi connectivity index (χ4n) is 4.11. The van der Waals surface area contributed by atoms with Crippen molar-refractivity contribution in [1.82, 2.24) is 14.8 Å². The Morgan fingerprint density at radius 2 is 1.81 bits per heavy atom. The van der Waals surface area contributed by atoms with Crippen molar-refractivity contribution in [2.24, 2.45) is 5.92 Å². The summed E-state index contributed by atoms with van der Waals surface area (Å²) in [6, 6.07) is 5.69. The van der Waals surface area contributed by atoms with Gasteiger partial charge >= 0.3 is 0 Å². The van der Waals surface area contributed by atoms with E-state index in [2.05, 4.69) is 4.98 Å². The molecule has 1 aliphatic carbocycles. The standard InChI is InChI=1S/C20H25N3O3/c24-19(13-15-6-7-17-18(12-15)26-14-21-17)22-8-3-9-23(11-10-22)20(25)16-4-1-2-5-16/h6-7,12,14,16H,1-5,8-11,13H2. The lowest BCUT2D eigenvalue weighted by molar-refractivity contribution is -0.136. The lowest BCUT2D eigenvalue weighted by Crippen LogP contribution is -2.39. The van der Waals surface area contributed by atoms with Crippen LogP contribution < -0.4 is 0 Å². The van der Waals surface area contributed by atoms with Gasteiger partial charge < -0.3 is 14.2 Å². The van der Waals surface area contributed by atoms with Gasteiger partial charge in [0.25, 0.3) is 0 Å². The Labute approximate surface area is 153 Å². The van der Waals surface area contributed by atoms with Gasteiger partial charge in [0.05, 0.1) is 6.42 Å². The molecule has 0 N–H and O–H groups in total. The van der Waals surface area contributed by atoms with E-state index in [0.29, 0.717) is 31.0 Å². The van der Waals surface area contributed by atoms with Crippen LogP contribution in [0, 0.1) is 5.92 Å². The van der Waals surface area contributed by atoms with Crippen molar-refractivity contribution < 1.29 is 14.0 Å². The molecule has 0 unspecified atom stereocenters. The fraction of sp³-hybridized carbons (Fsp3) is 0.550. The zero-order chi connectivity index (χ0) is 17.9. The lowest BCUT2D eigenvalue weighted by Gasteiger charge is -2.24. The highest BCUT2D eigenvalue weighted by atomic mass is 16.3. The van der Waals surface area contributed by atoms with Gasteiger partial charge in [-0.15, -0.1) is 0 Å². The second-order valence-corrected chi connectivity index (χ2v) is 7.37. The highest BCUT2D eigenvalue weighted by molar-refractivity contribution is 5.82. The molecular weight excluding hydrogens is 330 g/mol. The summed E-state index contributed by atoms with van der Waals surface area (Å²) in [7, 11) is 0. The molecule has 1 aromatic carbocycles. The molecule has 2 fully saturated rings. The number of amides is 2. The summed E-state index contributed by atoms with van der Waals surface area (Å²) in [5, 5.41) is 0. The highest BCUT2D eigenvalue weighted by Crippen LogP contribution is 2.27. The molecule has 1 saturated heterocycles. The van der Waals surface area contributed by atoms with E-state index >= 15 is 0 Å². The molecule has 0 radical (unpaired) electrons. The number of aromatic nitrogens is 1. The van der Waals surface area contributed by atoms with Crippen molar-refractivity contribution in [1.29, 1.82) is 0 Å². The van der Waals surface area contributed by atoms with E-state index in [1.54, 1.807) is 0 Å². The normalized spacial score (nSPS) is 19.1.